The molecule has 19 heavy (non-hydrogen) atoms. The number of aromatic nitrogens is 2. The zero-order chi connectivity index (χ0) is 13.9. The van der Waals surface area contributed by atoms with Crippen molar-refractivity contribution in [1.82, 2.24) is 9.97 Å². The lowest BCUT2D eigenvalue weighted by molar-refractivity contribution is -0.138. The molecule has 0 aliphatic rings. The molecule has 0 aliphatic heterocycles. The van der Waals surface area contributed by atoms with Gasteiger partial charge in [-0.3, -0.25) is 0 Å². The molecule has 100 valence electrons. The zero-order valence-corrected chi connectivity index (χ0v) is 9.78. The van der Waals surface area contributed by atoms with Crippen molar-refractivity contribution in [3.05, 3.63) is 47.8 Å². The maximum absolute atomic E-state index is 12.8. The highest BCUT2D eigenvalue weighted by Crippen LogP contribution is 2.31. The standard InChI is InChI=1S/C12H11F3N4/c13-12(14,15)9-4-2-1-3-8(9)5-18-11-7-17-10(16)6-19-11/h1-4,6-7H,5H2,(H2,16,17)(H,18,19). The molecule has 4 nitrogen and oxygen atoms in total. The van der Waals surface area contributed by atoms with Gasteiger partial charge in [0.25, 0.3) is 0 Å². The van der Waals surface area contributed by atoms with Crippen molar-refractivity contribution < 1.29 is 13.2 Å². The van der Waals surface area contributed by atoms with E-state index in [0.717, 1.165) is 6.07 Å². The van der Waals surface area contributed by atoms with Gasteiger partial charge < -0.3 is 11.1 Å². The van der Waals surface area contributed by atoms with Gasteiger partial charge in [-0.2, -0.15) is 13.2 Å². The predicted molar refractivity (Wildman–Crippen MR) is 65.2 cm³/mol. The normalized spacial score (nSPS) is 11.3. The van der Waals surface area contributed by atoms with Gasteiger partial charge in [0.05, 0.1) is 18.0 Å². The molecular formula is C12H11F3N4. The Balaban J connectivity index is 2.14. The van der Waals surface area contributed by atoms with Crippen molar-refractivity contribution in [1.29, 1.82) is 0 Å². The van der Waals surface area contributed by atoms with Gasteiger partial charge in [-0.25, -0.2) is 9.97 Å². The van der Waals surface area contributed by atoms with Crippen molar-refractivity contribution in [3.8, 4) is 0 Å². The van der Waals surface area contributed by atoms with Crippen LogP contribution in [-0.4, -0.2) is 9.97 Å². The van der Waals surface area contributed by atoms with Gasteiger partial charge in [0.1, 0.15) is 11.6 Å². The molecule has 2 aromatic rings. The Morgan fingerprint density at radius 3 is 2.47 bits per heavy atom. The summed E-state index contributed by atoms with van der Waals surface area (Å²) in [6.45, 7) is 0.00822. The SMILES string of the molecule is Nc1cnc(NCc2ccccc2C(F)(F)F)cn1. The first-order chi connectivity index (χ1) is 8.97. The smallest absolute Gasteiger partial charge is 0.382 e. The number of nitrogens with zero attached hydrogens (tertiary/aromatic N) is 2. The third kappa shape index (κ3) is 3.34. The van der Waals surface area contributed by atoms with Crippen molar-refractivity contribution in [2.75, 3.05) is 11.1 Å². The Bertz CT molecular complexity index is 552. The molecular weight excluding hydrogens is 257 g/mol. The molecule has 2 rings (SSSR count). The van der Waals surface area contributed by atoms with Crippen LogP contribution < -0.4 is 11.1 Å². The number of hydrogen-bond acceptors (Lipinski definition) is 4. The molecule has 0 atom stereocenters. The van der Waals surface area contributed by atoms with E-state index in [2.05, 4.69) is 15.3 Å². The number of nitrogens with two attached hydrogens (primary N) is 1. The molecule has 7 heteroatoms. The minimum Gasteiger partial charge on any atom is -0.382 e. The van der Waals surface area contributed by atoms with E-state index in [-0.39, 0.29) is 17.9 Å². The van der Waals surface area contributed by atoms with Gasteiger partial charge in [-0.1, -0.05) is 18.2 Å². The number of rotatable bonds is 3. The molecule has 1 aromatic carbocycles. The van der Waals surface area contributed by atoms with Crippen molar-refractivity contribution in [2.45, 2.75) is 12.7 Å². The van der Waals surface area contributed by atoms with E-state index in [1.54, 1.807) is 6.07 Å². The maximum atomic E-state index is 12.8. The lowest BCUT2D eigenvalue weighted by atomic mass is 10.1. The molecule has 0 amide bonds. The first kappa shape index (κ1) is 13.1. The van der Waals surface area contributed by atoms with Crippen LogP contribution in [0.15, 0.2) is 36.7 Å². The number of benzene rings is 1. The van der Waals surface area contributed by atoms with Crippen LogP contribution in [0.5, 0.6) is 0 Å². The van der Waals surface area contributed by atoms with Crippen LogP contribution in [0.4, 0.5) is 24.8 Å². The lowest BCUT2D eigenvalue weighted by Gasteiger charge is -2.13. The molecule has 0 bridgehead atoms. The Hall–Kier alpha value is -2.31. The summed E-state index contributed by atoms with van der Waals surface area (Å²) in [4.78, 5) is 7.70. The van der Waals surface area contributed by atoms with Gasteiger partial charge in [0.2, 0.25) is 0 Å². The summed E-state index contributed by atoms with van der Waals surface area (Å²) in [6.07, 6.45) is -1.67. The molecule has 0 spiro atoms. The molecule has 1 heterocycles. The molecule has 0 fully saturated rings. The highest BCUT2D eigenvalue weighted by molar-refractivity contribution is 5.39. The van der Waals surface area contributed by atoms with Crippen LogP contribution >= 0.6 is 0 Å². The van der Waals surface area contributed by atoms with E-state index in [4.69, 9.17) is 5.73 Å². The average molecular weight is 268 g/mol. The summed E-state index contributed by atoms with van der Waals surface area (Å²) in [7, 11) is 0. The van der Waals surface area contributed by atoms with Crippen LogP contribution in [-0.2, 0) is 12.7 Å². The van der Waals surface area contributed by atoms with Crippen molar-refractivity contribution >= 4 is 11.6 Å². The van der Waals surface area contributed by atoms with E-state index in [1.165, 1.54) is 24.5 Å². The highest BCUT2D eigenvalue weighted by Gasteiger charge is 2.32. The number of hydrogen-bond donors (Lipinski definition) is 2. The van der Waals surface area contributed by atoms with Crippen LogP contribution in [0.25, 0.3) is 0 Å². The average Bonchev–Trinajstić information content (AvgIpc) is 2.37. The lowest BCUT2D eigenvalue weighted by Crippen LogP contribution is -2.12. The van der Waals surface area contributed by atoms with E-state index in [0.29, 0.717) is 5.82 Å². The number of halogens is 3. The second kappa shape index (κ2) is 5.13. The first-order valence-electron chi connectivity index (χ1n) is 5.43. The fraction of sp³-hybridized carbons (Fsp3) is 0.167. The van der Waals surface area contributed by atoms with Crippen LogP contribution in [0.3, 0.4) is 0 Å². The Kier molecular flexibility index (Phi) is 3.55. The minimum absolute atomic E-state index is 0.00822. The second-order valence-corrected chi connectivity index (χ2v) is 3.83. The van der Waals surface area contributed by atoms with Crippen molar-refractivity contribution in [2.24, 2.45) is 0 Å². The molecule has 3 N–H and O–H groups in total. The van der Waals surface area contributed by atoms with Gasteiger partial charge in [0.15, 0.2) is 0 Å². The number of alkyl halides is 3. The summed E-state index contributed by atoms with van der Waals surface area (Å²) in [6, 6.07) is 5.38. The molecule has 0 radical (unpaired) electrons. The van der Waals surface area contributed by atoms with Crippen molar-refractivity contribution in [3.63, 3.8) is 0 Å². The Morgan fingerprint density at radius 1 is 1.11 bits per heavy atom. The van der Waals surface area contributed by atoms with Crippen LogP contribution in [0.2, 0.25) is 0 Å². The number of anilines is 2. The zero-order valence-electron chi connectivity index (χ0n) is 9.78. The summed E-state index contributed by atoms with van der Waals surface area (Å²) >= 11 is 0. The monoisotopic (exact) mass is 268 g/mol. The molecule has 0 saturated carbocycles. The molecule has 0 aliphatic carbocycles. The molecule has 0 saturated heterocycles. The third-order valence-corrected chi connectivity index (χ3v) is 2.45. The van der Waals surface area contributed by atoms with Gasteiger partial charge in [0, 0.05) is 6.54 Å². The van der Waals surface area contributed by atoms with Crippen LogP contribution in [0.1, 0.15) is 11.1 Å². The van der Waals surface area contributed by atoms with E-state index in [1.807, 2.05) is 0 Å². The molecule has 0 unspecified atom stereocenters. The molecule has 1 aromatic heterocycles. The fourth-order valence-electron chi connectivity index (χ4n) is 1.57. The van der Waals surface area contributed by atoms with E-state index < -0.39 is 11.7 Å². The summed E-state index contributed by atoms with van der Waals surface area (Å²) in [5, 5.41) is 2.77. The highest BCUT2D eigenvalue weighted by atomic mass is 19.4. The quantitative estimate of drug-likeness (QED) is 0.898. The first-order valence-corrected chi connectivity index (χ1v) is 5.43. The summed E-state index contributed by atoms with van der Waals surface area (Å²) in [5.41, 5.74) is 4.85. The van der Waals surface area contributed by atoms with Crippen LogP contribution in [0, 0.1) is 0 Å². The Morgan fingerprint density at radius 2 is 1.84 bits per heavy atom. The van der Waals surface area contributed by atoms with Gasteiger partial charge in [-0.15, -0.1) is 0 Å². The van der Waals surface area contributed by atoms with Gasteiger partial charge >= 0.3 is 6.18 Å². The fourth-order valence-corrected chi connectivity index (χ4v) is 1.57. The largest absolute Gasteiger partial charge is 0.416 e. The number of nitrogen functional groups attached to an aromatic ring is 1. The summed E-state index contributed by atoms with van der Waals surface area (Å²) < 4.78 is 38.3. The van der Waals surface area contributed by atoms with E-state index >= 15 is 0 Å². The second-order valence-electron chi connectivity index (χ2n) is 3.83. The predicted octanol–water partition coefficient (Wildman–Crippen LogP) is 2.69. The van der Waals surface area contributed by atoms with E-state index in [9.17, 15) is 13.2 Å². The summed E-state index contributed by atoms with van der Waals surface area (Å²) in [5.74, 6) is 0.618. The van der Waals surface area contributed by atoms with Gasteiger partial charge in [-0.05, 0) is 11.6 Å². The third-order valence-electron chi connectivity index (χ3n) is 2.45. The topological polar surface area (TPSA) is 63.8 Å². The maximum Gasteiger partial charge on any atom is 0.416 e. The minimum atomic E-state index is -4.37. The Labute approximate surface area is 107 Å². The number of nitrogens with one attached hydrogen (secondary N) is 1.